The van der Waals surface area contributed by atoms with Crippen molar-refractivity contribution in [3.8, 4) is 0 Å². The summed E-state index contributed by atoms with van der Waals surface area (Å²) in [6, 6.07) is 0.368. The Bertz CT molecular complexity index is 716. The van der Waals surface area contributed by atoms with Crippen molar-refractivity contribution in [3.05, 3.63) is 29.1 Å². The molecule has 2 aromatic rings. The maximum atomic E-state index is 13.2. The summed E-state index contributed by atoms with van der Waals surface area (Å²) in [7, 11) is 1.62. The lowest BCUT2D eigenvalue weighted by atomic mass is 9.99. The van der Waals surface area contributed by atoms with Crippen molar-refractivity contribution in [2.75, 3.05) is 7.05 Å². The molecule has 1 aromatic carbocycles. The van der Waals surface area contributed by atoms with Crippen molar-refractivity contribution in [2.24, 2.45) is 5.92 Å². The van der Waals surface area contributed by atoms with E-state index in [9.17, 15) is 26.3 Å². The van der Waals surface area contributed by atoms with Gasteiger partial charge in [0.1, 0.15) is 11.3 Å². The van der Waals surface area contributed by atoms with Gasteiger partial charge < -0.3 is 10.3 Å². The molecule has 2 rings (SSSR count). The minimum Gasteiger partial charge on any atom is -0.341 e. The Kier molecular flexibility index (Phi) is 4.85. The van der Waals surface area contributed by atoms with Crippen LogP contribution >= 0.6 is 0 Å². The van der Waals surface area contributed by atoms with Gasteiger partial charge in [-0.3, -0.25) is 0 Å². The molecule has 0 aliphatic rings. The molecule has 2 atom stereocenters. The first-order valence-electron chi connectivity index (χ1n) is 7.34. The highest BCUT2D eigenvalue weighted by atomic mass is 19.4. The number of aromatic amines is 1. The molecule has 0 radical (unpaired) electrons. The van der Waals surface area contributed by atoms with Gasteiger partial charge in [-0.25, -0.2) is 4.98 Å². The van der Waals surface area contributed by atoms with Gasteiger partial charge in [-0.1, -0.05) is 20.3 Å². The van der Waals surface area contributed by atoms with Crippen LogP contribution < -0.4 is 5.32 Å². The molecule has 1 heterocycles. The number of aromatic nitrogens is 2. The van der Waals surface area contributed by atoms with Crippen LogP contribution in [0, 0.1) is 5.92 Å². The third kappa shape index (κ3) is 3.50. The fraction of sp³-hybridized carbons (Fsp3) is 0.533. The lowest BCUT2D eigenvalue weighted by molar-refractivity contribution is -0.142. The van der Waals surface area contributed by atoms with E-state index in [4.69, 9.17) is 0 Å². The smallest absolute Gasteiger partial charge is 0.341 e. The van der Waals surface area contributed by atoms with Gasteiger partial charge in [0.05, 0.1) is 22.7 Å². The SMILES string of the molecule is CC[C@H](C)[C@H](NC)c1nc2c(C(F)(F)F)cc(C(F)(F)F)cc2[nH]1. The summed E-state index contributed by atoms with van der Waals surface area (Å²) in [6.07, 6.45) is -9.08. The van der Waals surface area contributed by atoms with Crippen LogP contribution in [0.3, 0.4) is 0 Å². The molecule has 0 fully saturated rings. The van der Waals surface area contributed by atoms with Gasteiger partial charge in [-0.05, 0) is 25.1 Å². The van der Waals surface area contributed by atoms with E-state index in [-0.39, 0.29) is 23.3 Å². The zero-order chi connectivity index (χ0) is 18.3. The number of fused-ring (bicyclic) bond motifs is 1. The molecule has 0 aliphatic heterocycles. The largest absolute Gasteiger partial charge is 0.418 e. The normalized spacial score (nSPS) is 15.7. The van der Waals surface area contributed by atoms with Gasteiger partial charge in [-0.2, -0.15) is 26.3 Å². The van der Waals surface area contributed by atoms with Crippen LogP contribution in [0.2, 0.25) is 0 Å². The molecule has 0 bridgehead atoms. The van der Waals surface area contributed by atoms with Gasteiger partial charge in [0.15, 0.2) is 0 Å². The Hall–Kier alpha value is -1.77. The first-order valence-corrected chi connectivity index (χ1v) is 7.34. The average molecular weight is 353 g/mol. The van der Waals surface area contributed by atoms with E-state index >= 15 is 0 Å². The third-order valence-corrected chi connectivity index (χ3v) is 4.06. The minimum atomic E-state index is -4.93. The Morgan fingerprint density at radius 2 is 1.75 bits per heavy atom. The number of hydrogen-bond acceptors (Lipinski definition) is 2. The third-order valence-electron chi connectivity index (χ3n) is 4.06. The highest BCUT2D eigenvalue weighted by Crippen LogP contribution is 2.40. The average Bonchev–Trinajstić information content (AvgIpc) is 2.87. The van der Waals surface area contributed by atoms with Crippen molar-refractivity contribution >= 4 is 11.0 Å². The molecule has 2 N–H and O–H groups in total. The molecule has 24 heavy (non-hydrogen) atoms. The van der Waals surface area contributed by atoms with Gasteiger partial charge >= 0.3 is 12.4 Å². The zero-order valence-electron chi connectivity index (χ0n) is 13.2. The van der Waals surface area contributed by atoms with Gasteiger partial charge in [-0.15, -0.1) is 0 Å². The summed E-state index contributed by atoms with van der Waals surface area (Å²) >= 11 is 0. The number of hydrogen-bond donors (Lipinski definition) is 2. The molecule has 0 saturated carbocycles. The number of benzene rings is 1. The van der Waals surface area contributed by atoms with Gasteiger partial charge in [0.2, 0.25) is 0 Å². The zero-order valence-corrected chi connectivity index (χ0v) is 13.2. The fourth-order valence-electron chi connectivity index (χ4n) is 2.59. The lowest BCUT2D eigenvalue weighted by Crippen LogP contribution is -2.24. The van der Waals surface area contributed by atoms with Crippen LogP contribution in [0.1, 0.15) is 43.3 Å². The summed E-state index contributed by atoms with van der Waals surface area (Å²) in [5.74, 6) is 0.221. The number of halogens is 6. The molecule has 0 unspecified atom stereocenters. The standard InChI is InChI=1S/C15H17F6N3/c1-4-7(2)11(22-3)13-23-10-6-8(14(16,17)18)5-9(12(10)24-13)15(19,20)21/h5-7,11,22H,4H2,1-3H3,(H,23,24)/t7-,11-/m0/s1. The molecular formula is C15H17F6N3. The quantitative estimate of drug-likeness (QED) is 0.767. The second-order valence-corrected chi connectivity index (χ2v) is 5.69. The first-order chi connectivity index (χ1) is 11.0. The Balaban J connectivity index is 2.70. The Labute approximate surface area is 134 Å². The molecule has 3 nitrogen and oxygen atoms in total. The van der Waals surface area contributed by atoms with E-state index in [1.807, 2.05) is 13.8 Å². The molecule has 0 amide bonds. The minimum absolute atomic E-state index is 0.0342. The van der Waals surface area contributed by atoms with Gasteiger partial charge in [0.25, 0.3) is 0 Å². The van der Waals surface area contributed by atoms with E-state index in [0.29, 0.717) is 6.07 Å². The number of nitrogens with zero attached hydrogens (tertiary/aromatic N) is 1. The molecule has 1 aromatic heterocycles. The van der Waals surface area contributed by atoms with E-state index in [1.54, 1.807) is 7.05 Å². The van der Waals surface area contributed by atoms with Crippen molar-refractivity contribution in [3.63, 3.8) is 0 Å². The fourth-order valence-corrected chi connectivity index (χ4v) is 2.59. The van der Waals surface area contributed by atoms with Crippen LogP contribution in [-0.2, 0) is 12.4 Å². The molecule has 0 spiro atoms. The number of imidazole rings is 1. The Morgan fingerprint density at radius 3 is 2.21 bits per heavy atom. The summed E-state index contributed by atoms with van der Waals surface area (Å²) in [5.41, 5.74) is -3.54. The topological polar surface area (TPSA) is 40.7 Å². The van der Waals surface area contributed by atoms with Crippen molar-refractivity contribution < 1.29 is 26.3 Å². The highest BCUT2D eigenvalue weighted by molar-refractivity contribution is 5.80. The monoisotopic (exact) mass is 353 g/mol. The number of H-pyrrole nitrogens is 1. The number of alkyl halides is 6. The predicted molar refractivity (Wildman–Crippen MR) is 77.4 cm³/mol. The van der Waals surface area contributed by atoms with Crippen LogP contribution in [0.25, 0.3) is 11.0 Å². The number of rotatable bonds is 4. The van der Waals surface area contributed by atoms with Crippen LogP contribution in [0.15, 0.2) is 12.1 Å². The first kappa shape index (κ1) is 18.6. The van der Waals surface area contributed by atoms with Crippen LogP contribution in [-0.4, -0.2) is 17.0 Å². The van der Waals surface area contributed by atoms with E-state index in [0.717, 1.165) is 6.42 Å². The summed E-state index contributed by atoms with van der Waals surface area (Å²) in [5, 5.41) is 2.94. The van der Waals surface area contributed by atoms with Crippen molar-refractivity contribution in [1.29, 1.82) is 0 Å². The van der Waals surface area contributed by atoms with E-state index in [1.165, 1.54) is 0 Å². The van der Waals surface area contributed by atoms with E-state index in [2.05, 4.69) is 15.3 Å². The molecule has 134 valence electrons. The maximum Gasteiger partial charge on any atom is 0.418 e. The van der Waals surface area contributed by atoms with Crippen molar-refractivity contribution in [1.82, 2.24) is 15.3 Å². The highest BCUT2D eigenvalue weighted by Gasteiger charge is 2.39. The summed E-state index contributed by atoms with van der Waals surface area (Å²) < 4.78 is 78.2. The maximum absolute atomic E-state index is 13.2. The second kappa shape index (κ2) is 6.27. The molecule has 9 heteroatoms. The summed E-state index contributed by atoms with van der Waals surface area (Å²) in [6.45, 7) is 3.78. The van der Waals surface area contributed by atoms with Gasteiger partial charge in [0, 0.05) is 0 Å². The molecule has 0 saturated heterocycles. The lowest BCUT2D eigenvalue weighted by Gasteiger charge is -2.19. The van der Waals surface area contributed by atoms with Crippen LogP contribution in [0.5, 0.6) is 0 Å². The van der Waals surface area contributed by atoms with Crippen molar-refractivity contribution in [2.45, 2.75) is 38.7 Å². The number of nitrogens with one attached hydrogen (secondary N) is 2. The summed E-state index contributed by atoms with van der Waals surface area (Å²) in [4.78, 5) is 6.55. The Morgan fingerprint density at radius 1 is 1.12 bits per heavy atom. The van der Waals surface area contributed by atoms with Crippen LogP contribution in [0.4, 0.5) is 26.3 Å². The van der Waals surface area contributed by atoms with E-state index < -0.39 is 35.0 Å². The second-order valence-electron chi connectivity index (χ2n) is 5.69. The molecule has 0 aliphatic carbocycles. The molecular weight excluding hydrogens is 336 g/mol. The predicted octanol–water partition coefficient (Wildman–Crippen LogP) is 4.91.